The fraction of sp³-hybridized carbons (Fsp3) is 0.0159. The lowest BCUT2D eigenvalue weighted by Crippen LogP contribution is -2.33. The van der Waals surface area contributed by atoms with E-state index in [1.807, 2.05) is 24.3 Å². The van der Waals surface area contributed by atoms with E-state index in [1.54, 1.807) is 0 Å². The normalized spacial score (nSPS) is 13.8. The van der Waals surface area contributed by atoms with Crippen molar-refractivity contribution >= 4 is 65.8 Å². The Morgan fingerprint density at radius 2 is 0.896 bits per heavy atom. The van der Waals surface area contributed by atoms with Gasteiger partial charge in [-0.2, -0.15) is 0 Å². The van der Waals surface area contributed by atoms with Gasteiger partial charge in [0.2, 0.25) is 0 Å². The maximum atomic E-state index is 5.11. The summed E-state index contributed by atoms with van der Waals surface area (Å²) in [4.78, 5) is 10.2. The number of fused-ring (bicyclic) bond motifs is 9. The summed E-state index contributed by atoms with van der Waals surface area (Å²) in [5.41, 5.74) is 13.7. The van der Waals surface area contributed by atoms with E-state index in [0.29, 0.717) is 5.84 Å². The van der Waals surface area contributed by atoms with Crippen LogP contribution in [0.2, 0.25) is 0 Å². The molecule has 11 aromatic carbocycles. The molecule has 67 heavy (non-hydrogen) atoms. The van der Waals surface area contributed by atoms with E-state index in [-0.39, 0.29) is 6.17 Å². The predicted molar refractivity (Wildman–Crippen MR) is 281 cm³/mol. The fourth-order valence-corrected chi connectivity index (χ4v) is 10.3. The number of rotatable bonds is 7. The topological polar surface area (TPSA) is 41.7 Å². The molecule has 0 spiro atoms. The summed E-state index contributed by atoms with van der Waals surface area (Å²) in [7, 11) is 0. The van der Waals surface area contributed by atoms with Crippen LogP contribution in [-0.2, 0) is 0 Å². The predicted octanol–water partition coefficient (Wildman–Crippen LogP) is 15.7. The molecule has 1 aromatic heterocycles. The highest BCUT2D eigenvalue weighted by atomic mass is 15.2. The number of benzene rings is 11. The third-order valence-electron chi connectivity index (χ3n) is 13.4. The first kappa shape index (κ1) is 38.6. The van der Waals surface area contributed by atoms with Gasteiger partial charge in [0, 0.05) is 27.6 Å². The first-order chi connectivity index (χ1) is 33.2. The van der Waals surface area contributed by atoms with Crippen LogP contribution >= 0.6 is 0 Å². The molecular formula is C63H42N4. The zero-order valence-electron chi connectivity index (χ0n) is 36.5. The summed E-state index contributed by atoms with van der Waals surface area (Å²) in [5.74, 6) is 1.51. The molecule has 314 valence electrons. The van der Waals surface area contributed by atoms with Crippen molar-refractivity contribution in [3.63, 3.8) is 0 Å². The molecule has 0 amide bonds. The van der Waals surface area contributed by atoms with Gasteiger partial charge in [-0.1, -0.05) is 200 Å². The molecule has 1 atom stereocenters. The first-order valence-corrected chi connectivity index (χ1v) is 22.9. The molecule has 13 rings (SSSR count). The maximum absolute atomic E-state index is 5.11. The van der Waals surface area contributed by atoms with Crippen LogP contribution in [0.5, 0.6) is 0 Å². The lowest BCUT2D eigenvalue weighted by molar-refractivity contribution is 0.674. The molecule has 0 bridgehead atoms. The van der Waals surface area contributed by atoms with Gasteiger partial charge in [-0.25, -0.2) is 9.98 Å². The van der Waals surface area contributed by atoms with Gasteiger partial charge in [-0.3, -0.25) is 0 Å². The molecule has 0 saturated heterocycles. The van der Waals surface area contributed by atoms with Gasteiger partial charge < -0.3 is 9.88 Å². The summed E-state index contributed by atoms with van der Waals surface area (Å²) < 4.78 is 2.44. The fourth-order valence-electron chi connectivity index (χ4n) is 10.3. The van der Waals surface area contributed by atoms with Crippen molar-refractivity contribution in [2.45, 2.75) is 6.17 Å². The number of aliphatic imine (C=N–C) groups is 2. The zero-order chi connectivity index (χ0) is 44.3. The second kappa shape index (κ2) is 16.0. The summed E-state index contributed by atoms with van der Waals surface area (Å²) in [6.45, 7) is 0. The Hall–Kier alpha value is -8.86. The Bertz CT molecular complexity index is 3940. The smallest absolute Gasteiger partial charge is 0.159 e. The molecule has 12 aromatic rings. The van der Waals surface area contributed by atoms with Crippen LogP contribution in [0.4, 0.5) is 0 Å². The molecule has 2 heterocycles. The second-order valence-electron chi connectivity index (χ2n) is 17.4. The average molecular weight is 855 g/mol. The van der Waals surface area contributed by atoms with Crippen molar-refractivity contribution in [1.29, 1.82) is 0 Å². The van der Waals surface area contributed by atoms with Crippen LogP contribution in [0, 0.1) is 0 Å². The minimum absolute atomic E-state index is 0.264. The van der Waals surface area contributed by atoms with Crippen molar-refractivity contribution in [3.05, 3.63) is 259 Å². The van der Waals surface area contributed by atoms with E-state index in [4.69, 9.17) is 9.98 Å². The molecule has 0 aliphatic carbocycles. The molecule has 1 unspecified atom stereocenters. The summed E-state index contributed by atoms with van der Waals surface area (Å²) in [6, 6.07) is 87.4. The van der Waals surface area contributed by atoms with Gasteiger partial charge in [0.1, 0.15) is 12.0 Å². The highest BCUT2D eigenvalue weighted by Crippen LogP contribution is 2.43. The number of amidine groups is 2. The van der Waals surface area contributed by atoms with Crippen molar-refractivity contribution in [2.75, 3.05) is 0 Å². The molecular weight excluding hydrogens is 813 g/mol. The van der Waals surface area contributed by atoms with Gasteiger partial charge in [-0.05, 0) is 114 Å². The average Bonchev–Trinajstić information content (AvgIpc) is 3.75. The van der Waals surface area contributed by atoms with Gasteiger partial charge in [-0.15, -0.1) is 0 Å². The maximum Gasteiger partial charge on any atom is 0.159 e. The minimum Gasteiger partial charge on any atom is -0.344 e. The number of hydrogen-bond acceptors (Lipinski definition) is 3. The van der Waals surface area contributed by atoms with Crippen molar-refractivity contribution in [1.82, 2.24) is 9.88 Å². The first-order valence-electron chi connectivity index (χ1n) is 22.9. The van der Waals surface area contributed by atoms with Gasteiger partial charge in [0.15, 0.2) is 5.84 Å². The minimum atomic E-state index is -0.264. The summed E-state index contributed by atoms with van der Waals surface area (Å²) in [6.07, 6.45) is -0.264. The van der Waals surface area contributed by atoms with E-state index in [9.17, 15) is 0 Å². The van der Waals surface area contributed by atoms with E-state index in [2.05, 4.69) is 228 Å². The monoisotopic (exact) mass is 854 g/mol. The lowest BCUT2D eigenvalue weighted by Gasteiger charge is -2.24. The Morgan fingerprint density at radius 1 is 0.343 bits per heavy atom. The molecule has 0 fully saturated rings. The van der Waals surface area contributed by atoms with E-state index < -0.39 is 0 Å². The largest absolute Gasteiger partial charge is 0.344 e. The second-order valence-corrected chi connectivity index (χ2v) is 17.4. The van der Waals surface area contributed by atoms with E-state index in [0.717, 1.165) is 39.3 Å². The van der Waals surface area contributed by atoms with Crippen LogP contribution in [0.3, 0.4) is 0 Å². The molecule has 4 nitrogen and oxygen atoms in total. The molecule has 1 aliphatic rings. The Kier molecular flexibility index (Phi) is 9.21. The number of hydrogen-bond donors (Lipinski definition) is 1. The van der Waals surface area contributed by atoms with Gasteiger partial charge in [0.05, 0.1) is 11.0 Å². The van der Waals surface area contributed by atoms with Gasteiger partial charge in [0.25, 0.3) is 0 Å². The third kappa shape index (κ3) is 6.69. The molecule has 0 saturated carbocycles. The molecule has 1 aliphatic heterocycles. The molecule has 4 heteroatoms. The standard InChI is InChI=1S/C63H42N4/c1-4-17-41(18-5-1)46-33-36-59-57(39-46)53-29-12-13-32-58(53)67(59)49-34-35-55-56(40-49)52-28-11-10-27-51(52)54-31-16-30-50(60(54)55)47-25-14-23-44(37-47)45-24-15-26-48(38-45)63-65-61(42-19-6-2-7-20-42)64-62(66-63)43-21-8-3-9-22-43/h1-40,61H,(H,64,65,66). The van der Waals surface area contributed by atoms with E-state index in [1.165, 1.54) is 76.4 Å². The van der Waals surface area contributed by atoms with E-state index >= 15 is 0 Å². The Labute approximate surface area is 388 Å². The highest BCUT2D eigenvalue weighted by Gasteiger charge is 2.22. The molecule has 0 radical (unpaired) electrons. The number of nitrogens with one attached hydrogen (secondary N) is 1. The lowest BCUT2D eigenvalue weighted by atomic mass is 9.88. The Balaban J connectivity index is 0.931. The summed E-state index contributed by atoms with van der Waals surface area (Å²) >= 11 is 0. The third-order valence-corrected chi connectivity index (χ3v) is 13.4. The zero-order valence-corrected chi connectivity index (χ0v) is 36.5. The van der Waals surface area contributed by atoms with Crippen molar-refractivity contribution < 1.29 is 0 Å². The molecule has 1 N–H and O–H groups in total. The highest BCUT2D eigenvalue weighted by molar-refractivity contribution is 6.29. The number of nitrogens with zero attached hydrogens (tertiary/aromatic N) is 3. The summed E-state index contributed by atoms with van der Waals surface area (Å²) in [5, 5.41) is 13.6. The number of aromatic nitrogens is 1. The SMILES string of the molecule is c1ccc(C2=NC(c3ccccc3)NC(c3cccc(-c4cccc(-c5cccc6c7ccccc7c7cc(-n8c9ccccc9c9cc(-c%10ccccc%10)ccc98)ccc7c56)c4)c3)=N2)cc1. The van der Waals surface area contributed by atoms with Gasteiger partial charge >= 0.3 is 0 Å². The quantitative estimate of drug-likeness (QED) is 0.159. The van der Waals surface area contributed by atoms with Crippen LogP contribution in [0.25, 0.3) is 93.2 Å². The van der Waals surface area contributed by atoms with Crippen LogP contribution in [0.15, 0.2) is 253 Å². The van der Waals surface area contributed by atoms with Crippen molar-refractivity contribution in [3.8, 4) is 39.1 Å². The van der Waals surface area contributed by atoms with Crippen LogP contribution in [-0.4, -0.2) is 16.2 Å². The van der Waals surface area contributed by atoms with Crippen LogP contribution in [0.1, 0.15) is 22.9 Å². The Morgan fingerprint density at radius 3 is 1.67 bits per heavy atom. The van der Waals surface area contributed by atoms with Crippen LogP contribution < -0.4 is 5.32 Å². The number of para-hydroxylation sites is 1. The van der Waals surface area contributed by atoms with Crippen molar-refractivity contribution in [2.24, 2.45) is 9.98 Å².